The van der Waals surface area contributed by atoms with Gasteiger partial charge in [0.2, 0.25) is 5.91 Å². The summed E-state index contributed by atoms with van der Waals surface area (Å²) in [5.74, 6) is 0.380. The summed E-state index contributed by atoms with van der Waals surface area (Å²) in [5, 5.41) is 15.4. The van der Waals surface area contributed by atoms with Crippen LogP contribution in [-0.4, -0.2) is 32.7 Å². The van der Waals surface area contributed by atoms with Gasteiger partial charge < -0.3 is 5.32 Å². The molecule has 0 saturated carbocycles. The lowest BCUT2D eigenvalue weighted by atomic mass is 10.00. The molecule has 7 nitrogen and oxygen atoms in total. The van der Waals surface area contributed by atoms with Crippen LogP contribution in [0.3, 0.4) is 0 Å². The maximum Gasteiger partial charge on any atom is 0.251 e. The molecule has 0 bridgehead atoms. The van der Waals surface area contributed by atoms with E-state index in [0.29, 0.717) is 5.95 Å². The first-order chi connectivity index (χ1) is 16.1. The number of carbonyl (C=O) groups is 1. The summed E-state index contributed by atoms with van der Waals surface area (Å²) in [6.45, 7) is 4.16. The minimum Gasteiger partial charge on any atom is -0.325 e. The highest BCUT2D eigenvalue weighted by Gasteiger charge is 2.31. The summed E-state index contributed by atoms with van der Waals surface area (Å²) < 4.78 is 1.76. The van der Waals surface area contributed by atoms with Gasteiger partial charge in [-0.05, 0) is 53.6 Å². The lowest BCUT2D eigenvalue weighted by Gasteiger charge is -2.32. The van der Waals surface area contributed by atoms with E-state index in [0.717, 1.165) is 28.1 Å². The van der Waals surface area contributed by atoms with Gasteiger partial charge >= 0.3 is 0 Å². The molecule has 7 heteroatoms. The van der Waals surface area contributed by atoms with Crippen LogP contribution in [-0.2, 0) is 4.79 Å². The van der Waals surface area contributed by atoms with Crippen LogP contribution < -0.4 is 10.2 Å². The molecule has 1 unspecified atom stereocenters. The molecule has 1 aromatic heterocycles. The first kappa shape index (κ1) is 20.6. The zero-order chi connectivity index (χ0) is 22.8. The molecule has 164 valence electrons. The lowest BCUT2D eigenvalue weighted by Crippen LogP contribution is -2.37. The van der Waals surface area contributed by atoms with Crippen LogP contribution in [0.1, 0.15) is 28.3 Å². The molecule has 0 fully saturated rings. The van der Waals surface area contributed by atoms with Crippen molar-refractivity contribution in [3.05, 3.63) is 107 Å². The molecule has 33 heavy (non-hydrogen) atoms. The molecule has 1 atom stereocenters. The van der Waals surface area contributed by atoms with Gasteiger partial charge in [0.05, 0.1) is 5.70 Å². The predicted molar refractivity (Wildman–Crippen MR) is 129 cm³/mol. The van der Waals surface area contributed by atoms with Gasteiger partial charge in [-0.2, -0.15) is 4.68 Å². The first-order valence-corrected chi connectivity index (χ1v) is 10.8. The normalized spacial score (nSPS) is 15.0. The number of rotatable bonds is 5. The third-order valence-corrected chi connectivity index (χ3v) is 5.71. The smallest absolute Gasteiger partial charge is 0.251 e. The number of hydrogen-bond acceptors (Lipinski definition) is 5. The van der Waals surface area contributed by atoms with Gasteiger partial charge in [-0.3, -0.25) is 9.69 Å². The molecular weight excluding hydrogens is 412 g/mol. The van der Waals surface area contributed by atoms with Crippen LogP contribution in [0.5, 0.6) is 0 Å². The summed E-state index contributed by atoms with van der Waals surface area (Å²) in [7, 11) is 0. The summed E-state index contributed by atoms with van der Waals surface area (Å²) in [6, 6.07) is 25.9. The Morgan fingerprint density at radius 3 is 2.27 bits per heavy atom. The molecule has 3 aromatic carbocycles. The van der Waals surface area contributed by atoms with Crippen LogP contribution in [0, 0.1) is 13.8 Å². The van der Waals surface area contributed by atoms with E-state index in [9.17, 15) is 4.79 Å². The first-order valence-electron chi connectivity index (χ1n) is 10.8. The third kappa shape index (κ3) is 4.25. The van der Waals surface area contributed by atoms with Crippen molar-refractivity contribution in [2.24, 2.45) is 0 Å². The average molecular weight is 437 g/mol. The van der Waals surface area contributed by atoms with Crippen molar-refractivity contribution < 1.29 is 4.79 Å². The van der Waals surface area contributed by atoms with E-state index in [-0.39, 0.29) is 18.5 Å². The number of aryl methyl sites for hydroxylation is 2. The topological polar surface area (TPSA) is 75.9 Å². The number of amides is 1. The van der Waals surface area contributed by atoms with Crippen LogP contribution >= 0.6 is 0 Å². The second kappa shape index (κ2) is 8.70. The fraction of sp³-hybridized carbons (Fsp3) is 0.154. The number of carbonyl (C=O) groups excluding carboxylic acids is 1. The molecule has 1 N–H and O–H groups in total. The van der Waals surface area contributed by atoms with Crippen molar-refractivity contribution in [1.29, 1.82) is 0 Å². The van der Waals surface area contributed by atoms with Gasteiger partial charge in [0.25, 0.3) is 5.95 Å². The molecule has 0 spiro atoms. The van der Waals surface area contributed by atoms with E-state index in [2.05, 4.69) is 58.1 Å². The molecule has 1 aliphatic rings. The number of fused-ring (bicyclic) bond motifs is 1. The highest BCUT2D eigenvalue weighted by Crippen LogP contribution is 2.36. The Balaban J connectivity index is 1.52. The fourth-order valence-corrected chi connectivity index (χ4v) is 3.96. The zero-order valence-electron chi connectivity index (χ0n) is 18.5. The number of allylic oxidation sites excluding steroid dienone is 1. The summed E-state index contributed by atoms with van der Waals surface area (Å²) in [6.07, 6.45) is 2.11. The van der Waals surface area contributed by atoms with Gasteiger partial charge in [0.15, 0.2) is 0 Å². The Labute approximate surface area is 192 Å². The summed E-state index contributed by atoms with van der Waals surface area (Å²) in [5.41, 5.74) is 6.04. The number of hydrogen-bond donors (Lipinski definition) is 1. The van der Waals surface area contributed by atoms with Crippen molar-refractivity contribution in [3.8, 4) is 0 Å². The Bertz CT molecular complexity index is 1290. The van der Waals surface area contributed by atoms with Crippen molar-refractivity contribution in [3.63, 3.8) is 0 Å². The number of nitrogens with one attached hydrogen (secondary N) is 1. The Morgan fingerprint density at radius 2 is 1.58 bits per heavy atom. The molecule has 5 rings (SSSR count). The van der Waals surface area contributed by atoms with Crippen LogP contribution in [0.2, 0.25) is 0 Å². The lowest BCUT2D eigenvalue weighted by molar-refractivity contribution is -0.114. The average Bonchev–Trinajstić information content (AvgIpc) is 3.32. The van der Waals surface area contributed by atoms with Crippen LogP contribution in [0.15, 0.2) is 84.9 Å². The monoisotopic (exact) mass is 436 g/mol. The van der Waals surface area contributed by atoms with Crippen LogP contribution in [0.25, 0.3) is 5.70 Å². The molecule has 0 aliphatic carbocycles. The predicted octanol–water partition coefficient (Wildman–Crippen LogP) is 4.38. The van der Waals surface area contributed by atoms with Crippen LogP contribution in [0.4, 0.5) is 11.6 Å². The largest absolute Gasteiger partial charge is 0.325 e. The molecule has 2 heterocycles. The quantitative estimate of drug-likeness (QED) is 0.503. The Hall–Kier alpha value is -4.26. The van der Waals surface area contributed by atoms with Gasteiger partial charge in [0.1, 0.15) is 12.6 Å². The van der Waals surface area contributed by atoms with E-state index in [1.54, 1.807) is 4.68 Å². The fourth-order valence-electron chi connectivity index (χ4n) is 3.96. The summed E-state index contributed by atoms with van der Waals surface area (Å²) in [4.78, 5) is 14.9. The Kier molecular flexibility index (Phi) is 5.44. The van der Waals surface area contributed by atoms with E-state index >= 15 is 0 Å². The second-order valence-corrected chi connectivity index (χ2v) is 8.20. The molecular formula is C26H24N6O. The standard InChI is InChI=1S/C26H24N6O/c1-18-8-12-21(13-9-18)24-16-23(20-6-4-3-5-7-20)31(26-28-29-30-32(24)26)17-25(33)27-22-14-10-19(2)11-15-22/h3-16,24H,17H2,1-2H3,(H,27,33). The van der Waals surface area contributed by atoms with E-state index < -0.39 is 0 Å². The van der Waals surface area contributed by atoms with Crippen molar-refractivity contribution in [2.45, 2.75) is 19.9 Å². The third-order valence-electron chi connectivity index (χ3n) is 5.71. The maximum atomic E-state index is 13.0. The van der Waals surface area contributed by atoms with Gasteiger partial charge in [0, 0.05) is 5.69 Å². The second-order valence-electron chi connectivity index (χ2n) is 8.20. The highest BCUT2D eigenvalue weighted by molar-refractivity contribution is 5.97. The number of anilines is 2. The Morgan fingerprint density at radius 1 is 0.909 bits per heavy atom. The maximum absolute atomic E-state index is 13.0. The zero-order valence-corrected chi connectivity index (χ0v) is 18.5. The van der Waals surface area contributed by atoms with Crippen molar-refractivity contribution in [1.82, 2.24) is 20.2 Å². The van der Waals surface area contributed by atoms with Crippen molar-refractivity contribution >= 4 is 23.2 Å². The number of tetrazole rings is 1. The van der Waals surface area contributed by atoms with Gasteiger partial charge in [-0.1, -0.05) is 83.0 Å². The van der Waals surface area contributed by atoms with Gasteiger partial charge in [-0.25, -0.2) is 0 Å². The number of benzene rings is 3. The van der Waals surface area contributed by atoms with E-state index in [1.807, 2.05) is 66.4 Å². The highest BCUT2D eigenvalue weighted by atomic mass is 16.2. The van der Waals surface area contributed by atoms with Crippen molar-refractivity contribution in [2.75, 3.05) is 16.8 Å². The molecule has 1 aliphatic heterocycles. The minimum atomic E-state index is -0.179. The number of nitrogens with zero attached hydrogens (tertiary/aromatic N) is 5. The SMILES string of the molecule is Cc1ccc(NC(=O)CN2C(c3ccccc3)=CC(c3ccc(C)cc3)n3nnnc32)cc1. The molecule has 4 aromatic rings. The molecule has 0 saturated heterocycles. The van der Waals surface area contributed by atoms with Gasteiger partial charge in [-0.15, -0.1) is 0 Å². The molecule has 0 radical (unpaired) electrons. The minimum absolute atomic E-state index is 0.0790. The van der Waals surface area contributed by atoms with E-state index in [1.165, 1.54) is 5.56 Å². The van der Waals surface area contributed by atoms with E-state index in [4.69, 9.17) is 0 Å². The molecule has 1 amide bonds. The summed E-state index contributed by atoms with van der Waals surface area (Å²) >= 11 is 0. The number of aromatic nitrogens is 4.